The van der Waals surface area contributed by atoms with Crippen LogP contribution in [0.15, 0.2) is 18.2 Å². The molecule has 1 aromatic rings. The van der Waals surface area contributed by atoms with Gasteiger partial charge in [-0.3, -0.25) is 4.79 Å². The average Bonchev–Trinajstić information content (AvgIpc) is 2.36. The SMILES string of the molecule is Cc1ccc(CC(=O)N(CCCCl)C2CCC2)cc1C. The Morgan fingerprint density at radius 2 is 2.05 bits per heavy atom. The van der Waals surface area contributed by atoms with Crippen molar-refractivity contribution in [2.24, 2.45) is 0 Å². The highest BCUT2D eigenvalue weighted by molar-refractivity contribution is 6.17. The van der Waals surface area contributed by atoms with Crippen molar-refractivity contribution in [1.29, 1.82) is 0 Å². The summed E-state index contributed by atoms with van der Waals surface area (Å²) in [7, 11) is 0. The highest BCUT2D eigenvalue weighted by Gasteiger charge is 2.28. The Bertz CT molecular complexity index is 468. The number of carbonyl (C=O) groups is 1. The van der Waals surface area contributed by atoms with Crippen LogP contribution in [0.1, 0.15) is 42.4 Å². The van der Waals surface area contributed by atoms with E-state index in [0.29, 0.717) is 18.3 Å². The maximum Gasteiger partial charge on any atom is 0.227 e. The van der Waals surface area contributed by atoms with E-state index in [1.807, 2.05) is 0 Å². The summed E-state index contributed by atoms with van der Waals surface area (Å²) >= 11 is 5.78. The molecule has 0 saturated heterocycles. The average molecular weight is 294 g/mol. The lowest BCUT2D eigenvalue weighted by molar-refractivity contribution is -0.134. The molecule has 0 unspecified atom stereocenters. The standard InChI is InChI=1S/C17H24ClNO/c1-13-7-8-15(11-14(13)2)12-17(20)19(10-4-9-18)16-5-3-6-16/h7-8,11,16H,3-6,9-10,12H2,1-2H3. The smallest absolute Gasteiger partial charge is 0.227 e. The van der Waals surface area contributed by atoms with Crippen LogP contribution in [-0.2, 0) is 11.2 Å². The second-order valence-corrected chi connectivity index (χ2v) is 6.19. The lowest BCUT2D eigenvalue weighted by atomic mass is 9.90. The van der Waals surface area contributed by atoms with Crippen LogP contribution in [0, 0.1) is 13.8 Å². The van der Waals surface area contributed by atoms with E-state index in [1.54, 1.807) is 0 Å². The number of nitrogens with zero attached hydrogens (tertiary/aromatic N) is 1. The van der Waals surface area contributed by atoms with Gasteiger partial charge in [-0.1, -0.05) is 18.2 Å². The molecule has 1 aliphatic carbocycles. The molecule has 0 aliphatic heterocycles. The molecule has 2 nitrogen and oxygen atoms in total. The minimum absolute atomic E-state index is 0.253. The number of amides is 1. The van der Waals surface area contributed by atoms with Gasteiger partial charge in [-0.15, -0.1) is 11.6 Å². The fourth-order valence-electron chi connectivity index (χ4n) is 2.63. The third-order valence-electron chi connectivity index (χ3n) is 4.30. The molecule has 1 aliphatic rings. The van der Waals surface area contributed by atoms with Gasteiger partial charge in [0.1, 0.15) is 0 Å². The highest BCUT2D eigenvalue weighted by Crippen LogP contribution is 2.26. The largest absolute Gasteiger partial charge is 0.339 e. The van der Waals surface area contributed by atoms with Crippen molar-refractivity contribution in [2.75, 3.05) is 12.4 Å². The third kappa shape index (κ3) is 3.76. The van der Waals surface area contributed by atoms with Crippen molar-refractivity contribution in [2.45, 2.75) is 52.0 Å². The minimum atomic E-state index is 0.253. The monoisotopic (exact) mass is 293 g/mol. The molecule has 20 heavy (non-hydrogen) atoms. The summed E-state index contributed by atoms with van der Waals surface area (Å²) in [5.41, 5.74) is 3.65. The number of carbonyl (C=O) groups excluding carboxylic acids is 1. The number of rotatable bonds is 6. The Labute approximate surface area is 127 Å². The molecular formula is C17H24ClNO. The van der Waals surface area contributed by atoms with Crippen molar-refractivity contribution < 1.29 is 4.79 Å². The van der Waals surface area contributed by atoms with Gasteiger partial charge in [0.05, 0.1) is 6.42 Å². The van der Waals surface area contributed by atoms with Crippen LogP contribution in [0.25, 0.3) is 0 Å². The van der Waals surface area contributed by atoms with Crippen LogP contribution in [0.4, 0.5) is 0 Å². The van der Waals surface area contributed by atoms with Gasteiger partial charge < -0.3 is 4.90 Å². The Morgan fingerprint density at radius 1 is 1.30 bits per heavy atom. The fraction of sp³-hybridized carbons (Fsp3) is 0.588. The normalized spacial score (nSPS) is 14.9. The van der Waals surface area contributed by atoms with Crippen LogP contribution < -0.4 is 0 Å². The van der Waals surface area contributed by atoms with Crippen LogP contribution in [-0.4, -0.2) is 29.3 Å². The number of halogens is 1. The minimum Gasteiger partial charge on any atom is -0.339 e. The lowest BCUT2D eigenvalue weighted by Crippen LogP contribution is -2.45. The summed E-state index contributed by atoms with van der Waals surface area (Å²) in [6, 6.07) is 6.76. The van der Waals surface area contributed by atoms with Gasteiger partial charge >= 0.3 is 0 Å². The summed E-state index contributed by atoms with van der Waals surface area (Å²) in [4.78, 5) is 14.6. The molecule has 3 heteroatoms. The zero-order valence-corrected chi connectivity index (χ0v) is 13.2. The van der Waals surface area contributed by atoms with Gasteiger partial charge in [0.25, 0.3) is 0 Å². The van der Waals surface area contributed by atoms with Gasteiger partial charge in [0.15, 0.2) is 0 Å². The van der Waals surface area contributed by atoms with E-state index in [2.05, 4.69) is 36.9 Å². The first-order valence-electron chi connectivity index (χ1n) is 7.53. The van der Waals surface area contributed by atoms with E-state index in [-0.39, 0.29) is 5.91 Å². The molecule has 1 aromatic carbocycles. The van der Waals surface area contributed by atoms with Gasteiger partial charge in [-0.25, -0.2) is 0 Å². The van der Waals surface area contributed by atoms with E-state index in [4.69, 9.17) is 11.6 Å². The van der Waals surface area contributed by atoms with Gasteiger partial charge in [-0.2, -0.15) is 0 Å². The van der Waals surface area contributed by atoms with Crippen molar-refractivity contribution in [1.82, 2.24) is 4.90 Å². The summed E-state index contributed by atoms with van der Waals surface area (Å²) in [6.45, 7) is 5.00. The first-order valence-corrected chi connectivity index (χ1v) is 8.07. The van der Waals surface area contributed by atoms with Gasteiger partial charge in [0, 0.05) is 18.5 Å². The summed E-state index contributed by atoms with van der Waals surface area (Å²) in [5.74, 6) is 0.878. The molecule has 0 atom stereocenters. The van der Waals surface area contributed by atoms with Crippen LogP contribution in [0.5, 0.6) is 0 Å². The first kappa shape index (κ1) is 15.4. The van der Waals surface area contributed by atoms with Crippen LogP contribution in [0.2, 0.25) is 0 Å². The predicted molar refractivity (Wildman–Crippen MR) is 84.3 cm³/mol. The van der Waals surface area contributed by atoms with Crippen LogP contribution in [0.3, 0.4) is 0 Å². The summed E-state index contributed by atoms with van der Waals surface area (Å²) in [6.07, 6.45) is 4.96. The fourth-order valence-corrected chi connectivity index (χ4v) is 2.75. The quantitative estimate of drug-likeness (QED) is 0.730. The third-order valence-corrected chi connectivity index (χ3v) is 4.56. The maximum atomic E-state index is 12.5. The molecular weight excluding hydrogens is 270 g/mol. The van der Waals surface area contributed by atoms with Crippen molar-refractivity contribution in [3.63, 3.8) is 0 Å². The molecule has 1 saturated carbocycles. The van der Waals surface area contributed by atoms with E-state index < -0.39 is 0 Å². The van der Waals surface area contributed by atoms with E-state index in [9.17, 15) is 4.79 Å². The van der Waals surface area contributed by atoms with E-state index in [1.165, 1.54) is 17.5 Å². The molecule has 1 fully saturated rings. The second kappa shape index (κ2) is 7.12. The second-order valence-electron chi connectivity index (χ2n) is 5.81. The summed E-state index contributed by atoms with van der Waals surface area (Å²) < 4.78 is 0. The number of hydrogen-bond donors (Lipinski definition) is 0. The van der Waals surface area contributed by atoms with Crippen LogP contribution >= 0.6 is 11.6 Å². The topological polar surface area (TPSA) is 20.3 Å². The number of benzene rings is 1. The zero-order valence-electron chi connectivity index (χ0n) is 12.5. The molecule has 1 amide bonds. The number of alkyl halides is 1. The van der Waals surface area contributed by atoms with Crippen molar-refractivity contribution in [3.05, 3.63) is 34.9 Å². The van der Waals surface area contributed by atoms with Crippen molar-refractivity contribution >= 4 is 17.5 Å². The Hall–Kier alpha value is -1.02. The van der Waals surface area contributed by atoms with Gasteiger partial charge in [-0.05, 0) is 56.2 Å². The molecule has 0 spiro atoms. The Morgan fingerprint density at radius 3 is 2.60 bits per heavy atom. The molecule has 0 heterocycles. The number of aryl methyl sites for hydroxylation is 2. The number of hydrogen-bond acceptors (Lipinski definition) is 1. The predicted octanol–water partition coefficient (Wildman–Crippen LogP) is 3.86. The molecule has 0 radical (unpaired) electrons. The lowest BCUT2D eigenvalue weighted by Gasteiger charge is -2.37. The molecule has 110 valence electrons. The van der Waals surface area contributed by atoms with E-state index in [0.717, 1.165) is 31.4 Å². The van der Waals surface area contributed by atoms with E-state index >= 15 is 0 Å². The Balaban J connectivity index is 2.01. The maximum absolute atomic E-state index is 12.5. The highest BCUT2D eigenvalue weighted by atomic mass is 35.5. The Kier molecular flexibility index (Phi) is 5.47. The molecule has 0 aromatic heterocycles. The molecule has 2 rings (SSSR count). The van der Waals surface area contributed by atoms with Gasteiger partial charge in [0.2, 0.25) is 5.91 Å². The molecule has 0 bridgehead atoms. The molecule has 0 N–H and O–H groups in total. The van der Waals surface area contributed by atoms with Crippen molar-refractivity contribution in [3.8, 4) is 0 Å². The zero-order chi connectivity index (χ0) is 14.5. The summed E-state index contributed by atoms with van der Waals surface area (Å²) in [5, 5.41) is 0. The first-order chi connectivity index (χ1) is 9.61.